The first kappa shape index (κ1) is 19.1. The molecule has 9 heteroatoms. The van der Waals surface area contributed by atoms with Gasteiger partial charge in [0.05, 0.1) is 23.0 Å². The summed E-state index contributed by atoms with van der Waals surface area (Å²) in [4.78, 5) is 41.3. The highest BCUT2D eigenvalue weighted by Gasteiger charge is 2.12. The van der Waals surface area contributed by atoms with Crippen LogP contribution in [-0.2, 0) is 11.3 Å². The van der Waals surface area contributed by atoms with E-state index in [1.807, 2.05) is 23.6 Å². The molecule has 2 aromatic heterocycles. The molecule has 29 heavy (non-hydrogen) atoms. The molecule has 0 saturated heterocycles. The number of nitrogens with zero attached hydrogens (tertiary/aromatic N) is 2. The zero-order valence-electron chi connectivity index (χ0n) is 15.0. The van der Waals surface area contributed by atoms with Gasteiger partial charge in [-0.2, -0.15) is 0 Å². The van der Waals surface area contributed by atoms with Crippen LogP contribution in [0.4, 0.5) is 5.13 Å². The van der Waals surface area contributed by atoms with Gasteiger partial charge in [0.1, 0.15) is 0 Å². The summed E-state index contributed by atoms with van der Waals surface area (Å²) in [6, 6.07) is 13.9. The Bertz CT molecular complexity index is 1330. The Labute approximate surface area is 173 Å². The van der Waals surface area contributed by atoms with E-state index < -0.39 is 0 Å². The molecular formula is C20H15ClN4O3S. The number of rotatable bonds is 5. The van der Waals surface area contributed by atoms with Crippen LogP contribution in [0, 0.1) is 0 Å². The van der Waals surface area contributed by atoms with Gasteiger partial charge in [-0.3, -0.25) is 19.5 Å². The van der Waals surface area contributed by atoms with Crippen molar-refractivity contribution in [2.24, 2.45) is 0 Å². The third-order valence-electron chi connectivity index (χ3n) is 4.35. The molecule has 0 aliphatic carbocycles. The minimum Gasteiger partial charge on any atom is -0.302 e. The molecule has 4 aromatic rings. The molecule has 1 amide bonds. The van der Waals surface area contributed by atoms with E-state index in [2.05, 4.69) is 15.4 Å². The number of carbonyl (C=O) groups is 1. The van der Waals surface area contributed by atoms with Crippen LogP contribution in [0.3, 0.4) is 0 Å². The predicted molar refractivity (Wildman–Crippen MR) is 115 cm³/mol. The van der Waals surface area contributed by atoms with Gasteiger partial charge in [-0.25, -0.2) is 9.67 Å². The van der Waals surface area contributed by atoms with E-state index in [4.69, 9.17) is 11.6 Å². The minimum absolute atomic E-state index is 0.00912. The molecule has 2 heterocycles. The highest BCUT2D eigenvalue weighted by molar-refractivity contribution is 7.14. The molecule has 0 spiro atoms. The molecule has 2 N–H and O–H groups in total. The third-order valence-corrected chi connectivity index (χ3v) is 5.43. The number of halogens is 1. The summed E-state index contributed by atoms with van der Waals surface area (Å²) in [5, 5.41) is 8.69. The fourth-order valence-corrected chi connectivity index (χ4v) is 3.88. The molecule has 0 unspecified atom stereocenters. The Morgan fingerprint density at radius 2 is 1.83 bits per heavy atom. The molecule has 0 atom stereocenters. The fraction of sp³-hybridized carbons (Fsp3) is 0.100. The molecule has 0 bridgehead atoms. The van der Waals surface area contributed by atoms with Crippen molar-refractivity contribution in [3.63, 3.8) is 0 Å². The van der Waals surface area contributed by atoms with Gasteiger partial charge in [0, 0.05) is 22.4 Å². The van der Waals surface area contributed by atoms with Crippen molar-refractivity contribution >= 4 is 44.7 Å². The van der Waals surface area contributed by atoms with E-state index in [0.717, 1.165) is 10.2 Å². The summed E-state index contributed by atoms with van der Waals surface area (Å²) in [5.74, 6) is -0.314. The number of carbonyl (C=O) groups excluding carboxylic acids is 1. The number of nitrogens with one attached hydrogen (secondary N) is 2. The van der Waals surface area contributed by atoms with Crippen molar-refractivity contribution in [2.45, 2.75) is 13.0 Å². The van der Waals surface area contributed by atoms with Crippen molar-refractivity contribution in [3.8, 4) is 11.3 Å². The van der Waals surface area contributed by atoms with E-state index in [1.54, 1.807) is 30.3 Å². The molecule has 0 radical (unpaired) electrons. The molecule has 146 valence electrons. The summed E-state index contributed by atoms with van der Waals surface area (Å²) in [7, 11) is 0. The first-order valence-electron chi connectivity index (χ1n) is 8.75. The molecule has 0 aliphatic heterocycles. The summed E-state index contributed by atoms with van der Waals surface area (Å²) < 4.78 is 1.15. The van der Waals surface area contributed by atoms with E-state index in [-0.39, 0.29) is 30.0 Å². The summed E-state index contributed by atoms with van der Waals surface area (Å²) in [6.45, 7) is 0.0491. The smallest absolute Gasteiger partial charge is 0.273 e. The van der Waals surface area contributed by atoms with Crippen LogP contribution in [0.1, 0.15) is 6.42 Å². The average molecular weight is 427 g/mol. The van der Waals surface area contributed by atoms with Gasteiger partial charge in [-0.1, -0.05) is 41.9 Å². The van der Waals surface area contributed by atoms with Crippen LogP contribution >= 0.6 is 22.9 Å². The number of aromatic amines is 1. The second kappa shape index (κ2) is 8.02. The van der Waals surface area contributed by atoms with Crippen LogP contribution in [0.25, 0.3) is 22.0 Å². The lowest BCUT2D eigenvalue weighted by Gasteiger charge is -2.07. The molecule has 0 fully saturated rings. The van der Waals surface area contributed by atoms with Crippen molar-refractivity contribution in [3.05, 3.63) is 79.6 Å². The van der Waals surface area contributed by atoms with Crippen LogP contribution in [0.5, 0.6) is 0 Å². The molecule has 2 aromatic carbocycles. The van der Waals surface area contributed by atoms with Crippen molar-refractivity contribution in [1.29, 1.82) is 0 Å². The van der Waals surface area contributed by atoms with E-state index in [0.29, 0.717) is 26.6 Å². The maximum Gasteiger partial charge on any atom is 0.273 e. The van der Waals surface area contributed by atoms with Gasteiger partial charge in [0.25, 0.3) is 11.1 Å². The largest absolute Gasteiger partial charge is 0.302 e. The lowest BCUT2D eigenvalue weighted by atomic mass is 10.2. The van der Waals surface area contributed by atoms with Crippen LogP contribution in [0.2, 0.25) is 5.02 Å². The lowest BCUT2D eigenvalue weighted by molar-refractivity contribution is -0.116. The van der Waals surface area contributed by atoms with Crippen LogP contribution in [0.15, 0.2) is 63.5 Å². The van der Waals surface area contributed by atoms with Gasteiger partial charge in [0.2, 0.25) is 5.91 Å². The summed E-state index contributed by atoms with van der Waals surface area (Å²) >= 11 is 7.46. The summed E-state index contributed by atoms with van der Waals surface area (Å²) in [5.41, 5.74) is 0.741. The van der Waals surface area contributed by atoms with E-state index >= 15 is 0 Å². The van der Waals surface area contributed by atoms with Crippen molar-refractivity contribution in [1.82, 2.24) is 14.8 Å². The molecule has 0 aliphatic rings. The van der Waals surface area contributed by atoms with E-state index in [9.17, 15) is 14.4 Å². The van der Waals surface area contributed by atoms with Crippen molar-refractivity contribution < 1.29 is 4.79 Å². The van der Waals surface area contributed by atoms with Crippen LogP contribution in [-0.4, -0.2) is 20.7 Å². The first-order chi connectivity index (χ1) is 14.0. The standard InChI is InChI=1S/C20H15ClN4O3S/c21-15-8-4-3-7-14(15)16-11-29-20(22-16)23-17(26)9-10-25-19(28)13-6-2-1-5-12(13)18(27)24-25/h1-8,11H,9-10H2,(H,24,27)(H,22,23,26). The molecule has 4 rings (SSSR count). The maximum absolute atomic E-state index is 12.5. The number of aromatic nitrogens is 3. The Morgan fingerprint density at radius 1 is 1.10 bits per heavy atom. The van der Waals surface area contributed by atoms with Gasteiger partial charge in [-0.05, 0) is 18.2 Å². The Kier molecular flexibility index (Phi) is 5.28. The summed E-state index contributed by atoms with van der Waals surface area (Å²) in [6.07, 6.45) is 0.00912. The number of fused-ring (bicyclic) bond motifs is 1. The van der Waals surface area contributed by atoms with Crippen molar-refractivity contribution in [2.75, 3.05) is 5.32 Å². The number of thiazole rings is 1. The van der Waals surface area contributed by atoms with Gasteiger partial charge >= 0.3 is 0 Å². The highest BCUT2D eigenvalue weighted by Crippen LogP contribution is 2.30. The second-order valence-electron chi connectivity index (χ2n) is 6.26. The topological polar surface area (TPSA) is 96.9 Å². The predicted octanol–water partition coefficient (Wildman–Crippen LogP) is 3.50. The molecule has 7 nitrogen and oxygen atoms in total. The number of hydrogen-bond acceptors (Lipinski definition) is 5. The second-order valence-corrected chi connectivity index (χ2v) is 7.52. The maximum atomic E-state index is 12.5. The van der Waals surface area contributed by atoms with Gasteiger partial charge < -0.3 is 5.32 Å². The first-order valence-corrected chi connectivity index (χ1v) is 10.0. The monoisotopic (exact) mass is 426 g/mol. The zero-order chi connectivity index (χ0) is 20.4. The zero-order valence-corrected chi connectivity index (χ0v) is 16.6. The SMILES string of the molecule is O=C(CCn1[nH]c(=O)c2ccccc2c1=O)Nc1nc(-c2ccccc2Cl)cs1. The number of hydrogen-bond donors (Lipinski definition) is 2. The van der Waals surface area contributed by atoms with Crippen LogP contribution < -0.4 is 16.4 Å². The number of anilines is 1. The third kappa shape index (κ3) is 3.98. The average Bonchev–Trinajstić information content (AvgIpc) is 3.18. The van der Waals surface area contributed by atoms with Gasteiger partial charge in [-0.15, -0.1) is 11.3 Å². The minimum atomic E-state index is -0.370. The normalized spacial score (nSPS) is 10.9. The highest BCUT2D eigenvalue weighted by atomic mass is 35.5. The number of H-pyrrole nitrogens is 1. The van der Waals surface area contributed by atoms with Gasteiger partial charge in [0.15, 0.2) is 5.13 Å². The fourth-order valence-electron chi connectivity index (χ4n) is 2.92. The Morgan fingerprint density at radius 3 is 2.62 bits per heavy atom. The number of amides is 1. The van der Waals surface area contributed by atoms with E-state index in [1.165, 1.54) is 11.3 Å². The quantitative estimate of drug-likeness (QED) is 0.510. The Hall–Kier alpha value is -3.23. The number of benzene rings is 2. The number of aryl methyl sites for hydroxylation is 1. The Balaban J connectivity index is 1.46. The lowest BCUT2D eigenvalue weighted by Crippen LogP contribution is -2.31. The molecular weight excluding hydrogens is 412 g/mol. The molecule has 0 saturated carbocycles.